The number of rotatable bonds is 3. The van der Waals surface area contributed by atoms with Gasteiger partial charge in [0, 0.05) is 27.5 Å². The van der Waals surface area contributed by atoms with Crippen molar-refractivity contribution in [3.05, 3.63) is 58.3 Å². The van der Waals surface area contributed by atoms with E-state index in [1.54, 1.807) is 18.2 Å². The van der Waals surface area contributed by atoms with Crippen LogP contribution in [0.25, 0.3) is 0 Å². The van der Waals surface area contributed by atoms with E-state index in [9.17, 15) is 9.59 Å². The first-order valence-corrected chi connectivity index (χ1v) is 7.89. The van der Waals surface area contributed by atoms with Gasteiger partial charge in [-0.3, -0.25) is 14.6 Å². The van der Waals surface area contributed by atoms with Gasteiger partial charge in [-0.1, -0.05) is 22.0 Å². The van der Waals surface area contributed by atoms with Crippen molar-refractivity contribution in [1.29, 1.82) is 0 Å². The standard InChI is InChI=1S/C17H18BrN3O2/c1-17(2,3)21-15(22)11-7-8-19-14(9-11)16(23)20-13-6-4-5-12(18)10-13/h4-10H,1-3H3,(H,20,23)(H,21,22). The summed E-state index contributed by atoms with van der Waals surface area (Å²) in [6.07, 6.45) is 1.45. The summed E-state index contributed by atoms with van der Waals surface area (Å²) >= 11 is 3.35. The van der Waals surface area contributed by atoms with Crippen LogP contribution < -0.4 is 10.6 Å². The van der Waals surface area contributed by atoms with Crippen LogP contribution in [0.15, 0.2) is 47.1 Å². The van der Waals surface area contributed by atoms with Gasteiger partial charge in [0.2, 0.25) is 0 Å². The molecule has 1 aromatic carbocycles. The molecule has 0 radical (unpaired) electrons. The van der Waals surface area contributed by atoms with Gasteiger partial charge in [-0.2, -0.15) is 0 Å². The number of hydrogen-bond donors (Lipinski definition) is 2. The summed E-state index contributed by atoms with van der Waals surface area (Å²) in [4.78, 5) is 28.5. The van der Waals surface area contributed by atoms with Crippen LogP contribution in [-0.2, 0) is 0 Å². The van der Waals surface area contributed by atoms with E-state index < -0.39 is 0 Å². The third kappa shape index (κ3) is 5.17. The van der Waals surface area contributed by atoms with Crippen molar-refractivity contribution in [2.24, 2.45) is 0 Å². The molecule has 1 heterocycles. The average molecular weight is 376 g/mol. The Labute approximate surface area is 143 Å². The molecule has 0 saturated carbocycles. The number of aromatic nitrogens is 1. The second-order valence-corrected chi connectivity index (χ2v) is 7.01. The van der Waals surface area contributed by atoms with Crippen LogP contribution in [0.1, 0.15) is 41.6 Å². The number of hydrogen-bond acceptors (Lipinski definition) is 3. The predicted octanol–water partition coefficient (Wildman–Crippen LogP) is 3.62. The van der Waals surface area contributed by atoms with Crippen LogP contribution in [0.3, 0.4) is 0 Å². The molecule has 2 N–H and O–H groups in total. The van der Waals surface area contributed by atoms with Crippen molar-refractivity contribution in [3.63, 3.8) is 0 Å². The van der Waals surface area contributed by atoms with Gasteiger partial charge in [-0.25, -0.2) is 0 Å². The first-order chi connectivity index (χ1) is 10.7. The second-order valence-electron chi connectivity index (χ2n) is 6.10. The first-order valence-electron chi connectivity index (χ1n) is 7.10. The number of nitrogens with one attached hydrogen (secondary N) is 2. The van der Waals surface area contributed by atoms with Crippen molar-refractivity contribution < 1.29 is 9.59 Å². The highest BCUT2D eigenvalue weighted by Gasteiger charge is 2.17. The lowest BCUT2D eigenvalue weighted by Gasteiger charge is -2.20. The van der Waals surface area contributed by atoms with E-state index in [0.717, 1.165) is 4.47 Å². The smallest absolute Gasteiger partial charge is 0.274 e. The van der Waals surface area contributed by atoms with Crippen molar-refractivity contribution in [2.45, 2.75) is 26.3 Å². The Morgan fingerprint density at radius 3 is 2.48 bits per heavy atom. The lowest BCUT2D eigenvalue weighted by Crippen LogP contribution is -2.40. The molecule has 5 nitrogen and oxygen atoms in total. The van der Waals surface area contributed by atoms with Crippen molar-refractivity contribution >= 4 is 33.4 Å². The normalized spacial score (nSPS) is 11.0. The van der Waals surface area contributed by atoms with E-state index in [2.05, 4.69) is 31.5 Å². The molecule has 0 spiro atoms. The van der Waals surface area contributed by atoms with Crippen molar-refractivity contribution in [1.82, 2.24) is 10.3 Å². The summed E-state index contributed by atoms with van der Waals surface area (Å²) in [5.41, 5.74) is 0.885. The lowest BCUT2D eigenvalue weighted by atomic mass is 10.1. The Balaban J connectivity index is 2.16. The summed E-state index contributed by atoms with van der Waals surface area (Å²) in [5.74, 6) is -0.607. The molecule has 6 heteroatoms. The van der Waals surface area contributed by atoms with Gasteiger partial charge >= 0.3 is 0 Å². The minimum atomic E-state index is -0.367. The maximum Gasteiger partial charge on any atom is 0.274 e. The van der Waals surface area contributed by atoms with Crippen LogP contribution in [0, 0.1) is 0 Å². The number of pyridine rings is 1. The highest BCUT2D eigenvalue weighted by molar-refractivity contribution is 9.10. The van der Waals surface area contributed by atoms with E-state index in [4.69, 9.17) is 0 Å². The van der Waals surface area contributed by atoms with Crippen molar-refractivity contribution in [2.75, 3.05) is 5.32 Å². The van der Waals surface area contributed by atoms with Crippen LogP contribution in [-0.4, -0.2) is 22.3 Å². The molecular formula is C17H18BrN3O2. The Kier molecular flexibility index (Phi) is 5.15. The van der Waals surface area contributed by atoms with Gasteiger partial charge in [-0.05, 0) is 51.1 Å². The van der Waals surface area contributed by atoms with Crippen LogP contribution in [0.5, 0.6) is 0 Å². The predicted molar refractivity (Wildman–Crippen MR) is 93.6 cm³/mol. The van der Waals surface area contributed by atoms with Gasteiger partial charge in [0.25, 0.3) is 11.8 Å². The first kappa shape index (κ1) is 17.1. The van der Waals surface area contributed by atoms with E-state index in [1.807, 2.05) is 32.9 Å². The maximum atomic E-state index is 12.3. The second kappa shape index (κ2) is 6.91. The molecule has 1 aromatic heterocycles. The number of carbonyl (C=O) groups is 2. The zero-order chi connectivity index (χ0) is 17.0. The third-order valence-corrected chi connectivity index (χ3v) is 3.32. The molecule has 0 unspecified atom stereocenters. The molecule has 0 fully saturated rings. The van der Waals surface area contributed by atoms with E-state index in [1.165, 1.54) is 12.3 Å². The largest absolute Gasteiger partial charge is 0.347 e. The average Bonchev–Trinajstić information content (AvgIpc) is 2.45. The molecule has 0 saturated heterocycles. The van der Waals surface area contributed by atoms with Gasteiger partial charge in [-0.15, -0.1) is 0 Å². The monoisotopic (exact) mass is 375 g/mol. The van der Waals surface area contributed by atoms with E-state index in [0.29, 0.717) is 11.3 Å². The summed E-state index contributed by atoms with van der Waals surface area (Å²) in [7, 11) is 0. The third-order valence-electron chi connectivity index (χ3n) is 2.83. The van der Waals surface area contributed by atoms with Gasteiger partial charge in [0.15, 0.2) is 0 Å². The lowest BCUT2D eigenvalue weighted by molar-refractivity contribution is 0.0919. The van der Waals surface area contributed by atoms with Crippen molar-refractivity contribution in [3.8, 4) is 0 Å². The molecular weight excluding hydrogens is 358 g/mol. The fourth-order valence-electron chi connectivity index (χ4n) is 1.87. The number of benzene rings is 1. The number of nitrogens with zero attached hydrogens (tertiary/aromatic N) is 1. The van der Waals surface area contributed by atoms with Gasteiger partial charge in [0.1, 0.15) is 5.69 Å². The molecule has 2 amide bonds. The fourth-order valence-corrected chi connectivity index (χ4v) is 2.27. The molecule has 23 heavy (non-hydrogen) atoms. The van der Waals surface area contributed by atoms with Gasteiger partial charge < -0.3 is 10.6 Å². The Morgan fingerprint density at radius 1 is 1.09 bits per heavy atom. The zero-order valence-corrected chi connectivity index (χ0v) is 14.8. The molecule has 0 aliphatic rings. The SMILES string of the molecule is CC(C)(C)NC(=O)c1ccnc(C(=O)Nc2cccc(Br)c2)c1. The Hall–Kier alpha value is -2.21. The van der Waals surface area contributed by atoms with Crippen LogP contribution in [0.2, 0.25) is 0 Å². The highest BCUT2D eigenvalue weighted by atomic mass is 79.9. The maximum absolute atomic E-state index is 12.3. The topological polar surface area (TPSA) is 71.1 Å². The number of carbonyl (C=O) groups excluding carboxylic acids is 2. The quantitative estimate of drug-likeness (QED) is 0.860. The zero-order valence-electron chi connectivity index (χ0n) is 13.2. The van der Waals surface area contributed by atoms with E-state index >= 15 is 0 Å². The summed E-state index contributed by atoms with van der Waals surface area (Å²) < 4.78 is 0.863. The Morgan fingerprint density at radius 2 is 1.83 bits per heavy atom. The van der Waals surface area contributed by atoms with E-state index in [-0.39, 0.29) is 23.0 Å². The Bertz CT molecular complexity index is 739. The number of amides is 2. The van der Waals surface area contributed by atoms with Gasteiger partial charge in [0.05, 0.1) is 0 Å². The summed E-state index contributed by atoms with van der Waals surface area (Å²) in [6.45, 7) is 5.69. The molecule has 2 rings (SSSR count). The molecule has 0 aliphatic carbocycles. The van der Waals surface area contributed by atoms with Crippen LogP contribution in [0.4, 0.5) is 5.69 Å². The summed E-state index contributed by atoms with van der Waals surface area (Å²) in [5, 5.41) is 5.60. The minimum absolute atomic E-state index is 0.187. The minimum Gasteiger partial charge on any atom is -0.347 e. The highest BCUT2D eigenvalue weighted by Crippen LogP contribution is 2.16. The molecule has 2 aromatic rings. The number of anilines is 1. The molecule has 120 valence electrons. The number of halogens is 1. The molecule has 0 atom stereocenters. The summed E-state index contributed by atoms with van der Waals surface area (Å²) in [6, 6.07) is 10.3. The fraction of sp³-hybridized carbons (Fsp3) is 0.235. The van der Waals surface area contributed by atoms with Crippen LogP contribution >= 0.6 is 15.9 Å². The molecule has 0 aliphatic heterocycles. The molecule has 0 bridgehead atoms.